The first-order valence-corrected chi connectivity index (χ1v) is 8.95. The lowest BCUT2D eigenvalue weighted by molar-refractivity contribution is 0.0439. The van der Waals surface area contributed by atoms with Crippen LogP contribution >= 0.6 is 0 Å². The highest BCUT2D eigenvalue weighted by Crippen LogP contribution is 2.21. The van der Waals surface area contributed by atoms with E-state index in [4.69, 9.17) is 5.73 Å². The number of piperazine rings is 1. The first-order chi connectivity index (χ1) is 12.1. The van der Waals surface area contributed by atoms with Crippen LogP contribution in [0.3, 0.4) is 0 Å². The molecule has 1 aliphatic heterocycles. The van der Waals surface area contributed by atoms with Crippen molar-refractivity contribution in [2.45, 2.75) is 32.4 Å². The Labute approximate surface area is 149 Å². The van der Waals surface area contributed by atoms with E-state index < -0.39 is 0 Å². The number of hydrogen-bond acceptors (Lipinski definition) is 4. The van der Waals surface area contributed by atoms with Gasteiger partial charge in [-0.05, 0) is 12.0 Å². The van der Waals surface area contributed by atoms with E-state index in [0.29, 0.717) is 17.4 Å². The van der Waals surface area contributed by atoms with Gasteiger partial charge >= 0.3 is 0 Å². The van der Waals surface area contributed by atoms with E-state index in [1.165, 1.54) is 5.56 Å². The van der Waals surface area contributed by atoms with Crippen LogP contribution in [-0.4, -0.2) is 51.2 Å². The van der Waals surface area contributed by atoms with Crippen molar-refractivity contribution in [2.24, 2.45) is 7.05 Å². The Morgan fingerprint density at radius 3 is 2.68 bits per heavy atom. The van der Waals surface area contributed by atoms with Gasteiger partial charge in [-0.25, -0.2) is 0 Å². The largest absolute Gasteiger partial charge is 0.383 e. The van der Waals surface area contributed by atoms with Gasteiger partial charge in [0.15, 0.2) is 0 Å². The molecule has 25 heavy (non-hydrogen) atoms. The average molecular weight is 341 g/mol. The van der Waals surface area contributed by atoms with Gasteiger partial charge in [-0.15, -0.1) is 0 Å². The zero-order chi connectivity index (χ0) is 17.8. The number of aromatic nitrogens is 2. The fraction of sp³-hybridized carbons (Fsp3) is 0.474. The van der Waals surface area contributed by atoms with Gasteiger partial charge < -0.3 is 10.6 Å². The molecular weight excluding hydrogens is 314 g/mol. The minimum Gasteiger partial charge on any atom is -0.383 e. The van der Waals surface area contributed by atoms with Crippen molar-refractivity contribution >= 4 is 11.7 Å². The van der Waals surface area contributed by atoms with Crippen LogP contribution in [0.4, 0.5) is 5.82 Å². The summed E-state index contributed by atoms with van der Waals surface area (Å²) < 4.78 is 1.54. The lowest BCUT2D eigenvalue weighted by Crippen LogP contribution is -2.54. The predicted molar refractivity (Wildman–Crippen MR) is 99.1 cm³/mol. The normalized spacial score (nSPS) is 18.5. The van der Waals surface area contributed by atoms with Crippen molar-refractivity contribution in [3.63, 3.8) is 0 Å². The van der Waals surface area contributed by atoms with Gasteiger partial charge in [-0.2, -0.15) is 5.10 Å². The zero-order valence-electron chi connectivity index (χ0n) is 15.1. The molecule has 0 saturated carbocycles. The van der Waals surface area contributed by atoms with E-state index in [1.54, 1.807) is 17.9 Å². The third-order valence-electron chi connectivity index (χ3n) is 4.96. The van der Waals surface area contributed by atoms with Gasteiger partial charge in [0.05, 0.1) is 6.20 Å². The highest BCUT2D eigenvalue weighted by atomic mass is 16.2. The van der Waals surface area contributed by atoms with E-state index in [1.807, 2.05) is 11.0 Å². The van der Waals surface area contributed by atoms with E-state index in [0.717, 1.165) is 39.0 Å². The SMILES string of the molecule is CCCC1CN(C(=O)c2cnn(C)c2N)CCN1Cc1ccccc1. The molecule has 1 aromatic carbocycles. The van der Waals surface area contributed by atoms with E-state index in [-0.39, 0.29) is 5.91 Å². The van der Waals surface area contributed by atoms with Crippen molar-refractivity contribution in [1.82, 2.24) is 19.6 Å². The summed E-state index contributed by atoms with van der Waals surface area (Å²) in [5.74, 6) is 0.426. The Morgan fingerprint density at radius 2 is 2.04 bits per heavy atom. The maximum Gasteiger partial charge on any atom is 0.259 e. The summed E-state index contributed by atoms with van der Waals surface area (Å²) in [6.45, 7) is 5.47. The third-order valence-corrected chi connectivity index (χ3v) is 4.96. The second-order valence-corrected chi connectivity index (χ2v) is 6.72. The molecule has 1 fully saturated rings. The molecule has 0 aliphatic carbocycles. The molecule has 0 bridgehead atoms. The Morgan fingerprint density at radius 1 is 1.28 bits per heavy atom. The fourth-order valence-electron chi connectivity index (χ4n) is 3.49. The smallest absolute Gasteiger partial charge is 0.259 e. The lowest BCUT2D eigenvalue weighted by Gasteiger charge is -2.41. The second kappa shape index (κ2) is 7.70. The number of carbonyl (C=O) groups excluding carboxylic acids is 1. The van der Waals surface area contributed by atoms with Gasteiger partial charge in [0.1, 0.15) is 11.4 Å². The standard InChI is InChI=1S/C19H27N5O/c1-3-7-16-14-24(19(25)17-12-21-22(2)18(17)20)11-10-23(16)13-15-8-5-4-6-9-15/h4-6,8-9,12,16H,3,7,10-11,13-14,20H2,1-2H3. The number of benzene rings is 1. The van der Waals surface area contributed by atoms with Crippen molar-refractivity contribution in [3.8, 4) is 0 Å². The number of nitrogens with zero attached hydrogens (tertiary/aromatic N) is 4. The molecule has 6 nitrogen and oxygen atoms in total. The third kappa shape index (κ3) is 3.85. The highest BCUT2D eigenvalue weighted by molar-refractivity contribution is 5.98. The maximum atomic E-state index is 12.8. The molecule has 1 aromatic heterocycles. The molecule has 134 valence electrons. The number of nitrogen functional groups attached to an aromatic ring is 1. The number of nitrogens with two attached hydrogens (primary N) is 1. The van der Waals surface area contributed by atoms with Gasteiger partial charge in [0, 0.05) is 39.3 Å². The fourth-order valence-corrected chi connectivity index (χ4v) is 3.49. The molecule has 1 amide bonds. The Bertz CT molecular complexity index is 712. The molecule has 2 aromatic rings. The molecule has 1 unspecified atom stereocenters. The molecule has 2 N–H and O–H groups in total. The van der Waals surface area contributed by atoms with Crippen LogP contribution in [0.15, 0.2) is 36.5 Å². The van der Waals surface area contributed by atoms with Gasteiger partial charge in [-0.3, -0.25) is 14.4 Å². The van der Waals surface area contributed by atoms with Gasteiger partial charge in [-0.1, -0.05) is 43.7 Å². The zero-order valence-corrected chi connectivity index (χ0v) is 15.1. The van der Waals surface area contributed by atoms with Crippen molar-refractivity contribution < 1.29 is 4.79 Å². The van der Waals surface area contributed by atoms with Crippen LogP contribution in [0, 0.1) is 0 Å². The van der Waals surface area contributed by atoms with Gasteiger partial charge in [0.2, 0.25) is 0 Å². The van der Waals surface area contributed by atoms with Crippen LogP contribution < -0.4 is 5.73 Å². The summed E-state index contributed by atoms with van der Waals surface area (Å²) in [6, 6.07) is 10.9. The summed E-state index contributed by atoms with van der Waals surface area (Å²) in [6.07, 6.45) is 3.76. The number of rotatable bonds is 5. The number of hydrogen-bond donors (Lipinski definition) is 1. The maximum absolute atomic E-state index is 12.8. The molecule has 2 heterocycles. The lowest BCUT2D eigenvalue weighted by atomic mass is 10.0. The van der Waals surface area contributed by atoms with Crippen LogP contribution in [0.2, 0.25) is 0 Å². The summed E-state index contributed by atoms with van der Waals surface area (Å²) in [7, 11) is 1.75. The van der Waals surface area contributed by atoms with Crippen LogP contribution in [0.1, 0.15) is 35.7 Å². The molecule has 3 rings (SSSR count). The molecule has 1 atom stereocenters. The van der Waals surface area contributed by atoms with Crippen LogP contribution in [0.5, 0.6) is 0 Å². The molecule has 1 saturated heterocycles. The minimum atomic E-state index is -0.00827. The average Bonchev–Trinajstić information content (AvgIpc) is 2.96. The first-order valence-electron chi connectivity index (χ1n) is 8.95. The van der Waals surface area contributed by atoms with E-state index >= 15 is 0 Å². The summed E-state index contributed by atoms with van der Waals surface area (Å²) in [5, 5.41) is 4.09. The summed E-state index contributed by atoms with van der Waals surface area (Å²) in [5.41, 5.74) is 7.80. The van der Waals surface area contributed by atoms with Crippen LogP contribution in [-0.2, 0) is 13.6 Å². The molecule has 0 spiro atoms. The first kappa shape index (κ1) is 17.5. The second-order valence-electron chi connectivity index (χ2n) is 6.72. The topological polar surface area (TPSA) is 67.4 Å². The number of amides is 1. The Kier molecular flexibility index (Phi) is 5.38. The molecule has 0 radical (unpaired) electrons. The van der Waals surface area contributed by atoms with E-state index in [2.05, 4.69) is 41.2 Å². The minimum absolute atomic E-state index is 0.00827. The predicted octanol–water partition coefficient (Wildman–Crippen LogP) is 2.13. The molecular formula is C19H27N5O. The van der Waals surface area contributed by atoms with Crippen molar-refractivity contribution in [2.75, 3.05) is 25.4 Å². The number of aryl methyl sites for hydroxylation is 1. The van der Waals surface area contributed by atoms with Crippen molar-refractivity contribution in [1.29, 1.82) is 0 Å². The van der Waals surface area contributed by atoms with E-state index in [9.17, 15) is 4.79 Å². The number of carbonyl (C=O) groups is 1. The monoisotopic (exact) mass is 341 g/mol. The summed E-state index contributed by atoms with van der Waals surface area (Å²) >= 11 is 0. The molecule has 6 heteroatoms. The van der Waals surface area contributed by atoms with Gasteiger partial charge in [0.25, 0.3) is 5.91 Å². The van der Waals surface area contributed by atoms with Crippen LogP contribution in [0.25, 0.3) is 0 Å². The summed E-state index contributed by atoms with van der Waals surface area (Å²) in [4.78, 5) is 17.2. The highest BCUT2D eigenvalue weighted by Gasteiger charge is 2.30. The Hall–Kier alpha value is -2.34. The number of anilines is 1. The molecule has 1 aliphatic rings. The Balaban J connectivity index is 1.70. The van der Waals surface area contributed by atoms with Crippen molar-refractivity contribution in [3.05, 3.63) is 47.7 Å². The quantitative estimate of drug-likeness (QED) is 0.905.